The third-order valence-corrected chi connectivity index (χ3v) is 7.21. The van der Waals surface area contributed by atoms with E-state index >= 15 is 0 Å². The van der Waals surface area contributed by atoms with Crippen LogP contribution in [0, 0.1) is 0 Å². The molecule has 0 aliphatic carbocycles. The van der Waals surface area contributed by atoms with Gasteiger partial charge in [-0.1, -0.05) is 0 Å². The first-order valence-electron chi connectivity index (χ1n) is 7.32. The SMILES string of the molecule is Oc1ccc(O)c(P2(O)(O)Oc3ccccc3-c3ccccc32)c1. The van der Waals surface area contributed by atoms with E-state index in [1.807, 2.05) is 12.1 Å². The number of phenols is 2. The van der Waals surface area contributed by atoms with Crippen LogP contribution in [0.3, 0.4) is 0 Å². The molecule has 1 aliphatic heterocycles. The van der Waals surface area contributed by atoms with Crippen molar-refractivity contribution in [1.29, 1.82) is 0 Å². The molecule has 0 bridgehead atoms. The standard InChI is InChI=1S/C18H15O5P/c19-12-9-10-15(20)18(11-12)24(21,22)17-8-4-2-6-14(17)13-5-1-3-7-16(13)23-24/h1-11,19-22H. The van der Waals surface area contributed by atoms with E-state index in [0.29, 0.717) is 11.3 Å². The molecule has 1 heterocycles. The predicted molar refractivity (Wildman–Crippen MR) is 92.9 cm³/mol. The summed E-state index contributed by atoms with van der Waals surface area (Å²) >= 11 is 0. The van der Waals surface area contributed by atoms with Gasteiger partial charge < -0.3 is 0 Å². The van der Waals surface area contributed by atoms with Gasteiger partial charge in [0.15, 0.2) is 0 Å². The Bertz CT molecular complexity index is 967. The summed E-state index contributed by atoms with van der Waals surface area (Å²) in [5.74, 6) is -0.249. The van der Waals surface area contributed by atoms with Crippen LogP contribution in [0.1, 0.15) is 0 Å². The van der Waals surface area contributed by atoms with E-state index < -0.39 is 7.28 Å². The van der Waals surface area contributed by atoms with Crippen molar-refractivity contribution in [2.45, 2.75) is 0 Å². The number of benzene rings is 3. The van der Waals surface area contributed by atoms with Gasteiger partial charge in [0, 0.05) is 0 Å². The van der Waals surface area contributed by atoms with Crippen molar-refractivity contribution >= 4 is 17.9 Å². The summed E-state index contributed by atoms with van der Waals surface area (Å²) in [6.07, 6.45) is 0. The predicted octanol–water partition coefficient (Wildman–Crippen LogP) is 2.39. The molecule has 6 heteroatoms. The van der Waals surface area contributed by atoms with Gasteiger partial charge in [0.05, 0.1) is 0 Å². The number of aromatic hydroxyl groups is 2. The molecule has 3 aromatic carbocycles. The molecule has 122 valence electrons. The fourth-order valence-electron chi connectivity index (χ4n) is 3.07. The Morgan fingerprint density at radius 1 is 0.708 bits per heavy atom. The van der Waals surface area contributed by atoms with Crippen LogP contribution in [0.15, 0.2) is 66.7 Å². The molecule has 0 unspecified atom stereocenters. The number of hydrogen-bond acceptors (Lipinski definition) is 5. The fourth-order valence-corrected chi connectivity index (χ4v) is 5.90. The summed E-state index contributed by atoms with van der Waals surface area (Å²) < 4.78 is 5.73. The number of para-hydroxylation sites is 1. The topological polar surface area (TPSA) is 90.2 Å². The third kappa shape index (κ3) is 1.93. The van der Waals surface area contributed by atoms with Crippen LogP contribution in [-0.2, 0) is 0 Å². The molecule has 4 rings (SSSR count). The first kappa shape index (κ1) is 15.0. The molecule has 0 saturated carbocycles. The zero-order valence-corrected chi connectivity index (χ0v) is 13.4. The Labute approximate surface area is 138 Å². The van der Waals surface area contributed by atoms with E-state index in [0.717, 1.165) is 11.6 Å². The van der Waals surface area contributed by atoms with Crippen LogP contribution in [0.4, 0.5) is 0 Å². The van der Waals surface area contributed by atoms with Gasteiger partial charge in [0.1, 0.15) is 0 Å². The van der Waals surface area contributed by atoms with Crippen LogP contribution in [0.2, 0.25) is 0 Å². The van der Waals surface area contributed by atoms with Gasteiger partial charge in [0.2, 0.25) is 0 Å². The zero-order valence-electron chi connectivity index (χ0n) is 12.5. The molecule has 3 aromatic rings. The molecule has 0 saturated heterocycles. The van der Waals surface area contributed by atoms with Gasteiger partial charge in [-0.2, -0.15) is 0 Å². The van der Waals surface area contributed by atoms with E-state index in [4.69, 9.17) is 4.52 Å². The number of phenolic OH excluding ortho intramolecular Hbond substituents is 2. The van der Waals surface area contributed by atoms with Crippen LogP contribution < -0.4 is 15.1 Å². The molecular weight excluding hydrogens is 327 g/mol. The van der Waals surface area contributed by atoms with Gasteiger partial charge in [-0.25, -0.2) is 0 Å². The van der Waals surface area contributed by atoms with E-state index in [-0.39, 0.29) is 22.1 Å². The molecule has 5 nitrogen and oxygen atoms in total. The first-order chi connectivity index (χ1) is 11.4. The van der Waals surface area contributed by atoms with Crippen LogP contribution in [0.25, 0.3) is 11.1 Å². The molecule has 24 heavy (non-hydrogen) atoms. The van der Waals surface area contributed by atoms with Crippen molar-refractivity contribution in [2.24, 2.45) is 0 Å². The van der Waals surface area contributed by atoms with E-state index in [2.05, 4.69) is 0 Å². The Morgan fingerprint density at radius 3 is 2.17 bits per heavy atom. The van der Waals surface area contributed by atoms with Gasteiger partial charge in [0.25, 0.3) is 0 Å². The van der Waals surface area contributed by atoms with Gasteiger partial charge >= 0.3 is 138 Å². The Morgan fingerprint density at radius 2 is 1.38 bits per heavy atom. The zero-order chi connectivity index (χ0) is 17.0. The van der Waals surface area contributed by atoms with Crippen molar-refractivity contribution in [3.8, 4) is 28.4 Å². The molecule has 0 radical (unpaired) electrons. The van der Waals surface area contributed by atoms with Gasteiger partial charge in [-0.15, -0.1) is 0 Å². The van der Waals surface area contributed by atoms with Gasteiger partial charge in [-0.3, -0.25) is 0 Å². The molecule has 4 N–H and O–H groups in total. The summed E-state index contributed by atoms with van der Waals surface area (Å²) in [6, 6.07) is 17.4. The van der Waals surface area contributed by atoms with Crippen LogP contribution >= 0.6 is 7.28 Å². The van der Waals surface area contributed by atoms with Crippen molar-refractivity contribution in [2.75, 3.05) is 0 Å². The van der Waals surface area contributed by atoms with Crippen molar-refractivity contribution in [1.82, 2.24) is 0 Å². The molecule has 0 atom stereocenters. The molecule has 0 amide bonds. The summed E-state index contributed by atoms with van der Waals surface area (Å²) in [4.78, 5) is 22.8. The summed E-state index contributed by atoms with van der Waals surface area (Å²) in [6.45, 7) is 0. The second-order valence-corrected chi connectivity index (χ2v) is 8.77. The monoisotopic (exact) mass is 342 g/mol. The van der Waals surface area contributed by atoms with E-state index in [1.54, 1.807) is 36.4 Å². The fraction of sp³-hybridized carbons (Fsp3) is 0. The van der Waals surface area contributed by atoms with Crippen LogP contribution in [0.5, 0.6) is 17.2 Å². The minimum absolute atomic E-state index is 0.183. The molecule has 0 spiro atoms. The summed E-state index contributed by atoms with van der Waals surface area (Å²) in [5, 5.41) is 19.9. The average molecular weight is 342 g/mol. The van der Waals surface area contributed by atoms with Crippen LogP contribution in [-0.4, -0.2) is 20.0 Å². The molecule has 0 fully saturated rings. The average Bonchev–Trinajstić information content (AvgIpc) is 2.57. The van der Waals surface area contributed by atoms with Gasteiger partial charge in [-0.05, 0) is 0 Å². The number of rotatable bonds is 1. The molecule has 0 aromatic heterocycles. The quantitative estimate of drug-likeness (QED) is 0.403. The molecule has 1 aliphatic rings. The third-order valence-electron chi connectivity index (χ3n) is 4.18. The maximum atomic E-state index is 11.4. The first-order valence-corrected chi connectivity index (χ1v) is 9.38. The number of hydrogen-bond donors (Lipinski definition) is 4. The summed E-state index contributed by atoms with van der Waals surface area (Å²) in [5.41, 5.74) is 1.35. The van der Waals surface area contributed by atoms with Crippen molar-refractivity contribution in [3.63, 3.8) is 0 Å². The number of fused-ring (bicyclic) bond motifs is 3. The Hall–Kier alpha value is -2.59. The second-order valence-electron chi connectivity index (χ2n) is 5.72. The normalized spacial score (nSPS) is 18.3. The Kier molecular flexibility index (Phi) is 2.94. The molecular formula is C18H15O5P. The second kappa shape index (κ2) is 4.71. The summed E-state index contributed by atoms with van der Waals surface area (Å²) in [7, 11) is -5.17. The van der Waals surface area contributed by atoms with Crippen molar-refractivity contribution in [3.05, 3.63) is 66.7 Å². The van der Waals surface area contributed by atoms with Crippen molar-refractivity contribution < 1.29 is 24.5 Å². The van der Waals surface area contributed by atoms with E-state index in [9.17, 15) is 20.0 Å². The Balaban J connectivity index is 2.11. The maximum absolute atomic E-state index is 11.4. The van der Waals surface area contributed by atoms with E-state index in [1.165, 1.54) is 12.1 Å². The minimum atomic E-state index is -5.17.